The first-order valence-electron chi connectivity index (χ1n) is 7.16. The molecule has 1 aromatic carbocycles. The highest BCUT2D eigenvalue weighted by atomic mass is 32.3. The van der Waals surface area contributed by atoms with Crippen LogP contribution in [0.15, 0.2) is 40.7 Å². The molecule has 118 valence electrons. The lowest BCUT2D eigenvalue weighted by Crippen LogP contribution is -2.13. The Balaban J connectivity index is 2.10. The summed E-state index contributed by atoms with van der Waals surface area (Å²) in [6.45, 7) is 0.148. The third-order valence-corrected chi connectivity index (χ3v) is 4.78. The second-order valence-corrected chi connectivity index (χ2v) is 10.8. The zero-order valence-electron chi connectivity index (χ0n) is 13.3. The fourth-order valence-electron chi connectivity index (χ4n) is 2.19. The van der Waals surface area contributed by atoms with Crippen molar-refractivity contribution in [2.45, 2.75) is 0 Å². The SMILES string of the molecule is CS(C)(C)C#Cc1ccc2c(c1)C(c1cccs1)=NCC(=O)N2. The lowest BCUT2D eigenvalue weighted by Gasteiger charge is -2.15. The van der Waals surface area contributed by atoms with Gasteiger partial charge in [0.2, 0.25) is 5.91 Å². The second kappa shape index (κ2) is 6.23. The Bertz CT molecular complexity index is 834. The van der Waals surface area contributed by atoms with E-state index in [-0.39, 0.29) is 12.5 Å². The minimum Gasteiger partial charge on any atom is -0.324 e. The average molecular weight is 342 g/mol. The van der Waals surface area contributed by atoms with Gasteiger partial charge in [-0.05, 0) is 53.7 Å². The number of fused-ring (bicyclic) bond motifs is 1. The van der Waals surface area contributed by atoms with Crippen molar-refractivity contribution < 1.29 is 4.79 Å². The van der Waals surface area contributed by atoms with E-state index < -0.39 is 10.0 Å². The number of nitrogens with zero attached hydrogens (tertiary/aromatic N) is 1. The van der Waals surface area contributed by atoms with Gasteiger partial charge in [0.15, 0.2) is 0 Å². The van der Waals surface area contributed by atoms with Gasteiger partial charge in [0.25, 0.3) is 0 Å². The summed E-state index contributed by atoms with van der Waals surface area (Å²) in [4.78, 5) is 17.4. The summed E-state index contributed by atoms with van der Waals surface area (Å²) in [5, 5.41) is 8.27. The van der Waals surface area contributed by atoms with Crippen LogP contribution >= 0.6 is 21.4 Å². The second-order valence-electron chi connectivity index (χ2n) is 6.01. The standard InChI is InChI=1S/C18H18N2OS2/c1-23(2,3)10-8-13-6-7-15-14(11-13)18(16-5-4-9-22-16)19-12-17(21)20-15/h4-7,9,11H,12H2,1-3H3,(H,20,21). The van der Waals surface area contributed by atoms with Crippen molar-refractivity contribution in [1.82, 2.24) is 0 Å². The summed E-state index contributed by atoms with van der Waals surface area (Å²) in [5.74, 6) is 3.17. The van der Waals surface area contributed by atoms with Crippen molar-refractivity contribution in [3.8, 4) is 11.2 Å². The molecule has 0 unspecified atom stereocenters. The number of carbonyl (C=O) groups is 1. The van der Waals surface area contributed by atoms with Gasteiger partial charge in [-0.25, -0.2) is 0 Å². The van der Waals surface area contributed by atoms with E-state index in [4.69, 9.17) is 0 Å². The summed E-state index contributed by atoms with van der Waals surface area (Å²) >= 11 is 1.63. The molecule has 2 heterocycles. The lowest BCUT2D eigenvalue weighted by molar-refractivity contribution is -0.114. The maximum atomic E-state index is 11.9. The molecular weight excluding hydrogens is 324 g/mol. The van der Waals surface area contributed by atoms with E-state index in [9.17, 15) is 4.79 Å². The van der Waals surface area contributed by atoms with Crippen molar-refractivity contribution in [2.24, 2.45) is 4.99 Å². The monoisotopic (exact) mass is 342 g/mol. The molecule has 0 radical (unpaired) electrons. The Labute approximate surface area is 142 Å². The van der Waals surface area contributed by atoms with Gasteiger partial charge in [-0.2, -0.15) is 10.0 Å². The molecule has 23 heavy (non-hydrogen) atoms. The summed E-state index contributed by atoms with van der Waals surface area (Å²) in [6.07, 6.45) is 6.51. The Hall–Kier alpha value is -2.03. The Morgan fingerprint density at radius 3 is 2.78 bits per heavy atom. The Kier molecular flexibility index (Phi) is 4.29. The van der Waals surface area contributed by atoms with Crippen LogP contribution in [-0.2, 0) is 4.79 Å². The number of anilines is 1. The molecule has 0 saturated carbocycles. The number of carbonyl (C=O) groups excluding carboxylic acids is 1. The van der Waals surface area contributed by atoms with Gasteiger partial charge >= 0.3 is 0 Å². The van der Waals surface area contributed by atoms with Crippen LogP contribution in [0.1, 0.15) is 16.0 Å². The van der Waals surface area contributed by atoms with Crippen molar-refractivity contribution in [2.75, 3.05) is 30.6 Å². The van der Waals surface area contributed by atoms with E-state index in [0.717, 1.165) is 27.4 Å². The fraction of sp³-hybridized carbons (Fsp3) is 0.222. The first kappa shape index (κ1) is 15.9. The number of thiophene rings is 1. The third kappa shape index (κ3) is 3.84. The fourth-order valence-corrected chi connectivity index (χ4v) is 3.36. The van der Waals surface area contributed by atoms with E-state index in [1.807, 2.05) is 35.7 Å². The minimum absolute atomic E-state index is 0.0872. The number of rotatable bonds is 1. The summed E-state index contributed by atoms with van der Waals surface area (Å²) in [7, 11) is -0.875. The van der Waals surface area contributed by atoms with Crippen molar-refractivity contribution in [1.29, 1.82) is 0 Å². The molecule has 0 spiro atoms. The van der Waals surface area contributed by atoms with Crippen LogP contribution < -0.4 is 5.32 Å². The van der Waals surface area contributed by atoms with Gasteiger partial charge in [-0.3, -0.25) is 9.79 Å². The highest BCUT2D eigenvalue weighted by molar-refractivity contribution is 8.35. The molecule has 0 aliphatic carbocycles. The largest absolute Gasteiger partial charge is 0.324 e. The number of aliphatic imine (C=N–C) groups is 1. The van der Waals surface area contributed by atoms with Gasteiger partial charge in [-0.1, -0.05) is 12.0 Å². The van der Waals surface area contributed by atoms with E-state index in [2.05, 4.69) is 40.2 Å². The van der Waals surface area contributed by atoms with Crippen molar-refractivity contribution in [3.05, 3.63) is 51.7 Å². The van der Waals surface area contributed by atoms with Gasteiger partial charge in [0.1, 0.15) is 6.54 Å². The van der Waals surface area contributed by atoms with Crippen LogP contribution in [0.2, 0.25) is 0 Å². The highest BCUT2D eigenvalue weighted by Crippen LogP contribution is 2.32. The topological polar surface area (TPSA) is 41.5 Å². The van der Waals surface area contributed by atoms with Crippen LogP contribution in [-0.4, -0.2) is 36.9 Å². The molecule has 1 aromatic heterocycles. The van der Waals surface area contributed by atoms with E-state index in [1.165, 1.54) is 0 Å². The number of nitrogens with one attached hydrogen (secondary N) is 1. The molecule has 2 aromatic rings. The first-order chi connectivity index (χ1) is 10.9. The average Bonchev–Trinajstić information content (AvgIpc) is 2.95. The number of amides is 1. The molecule has 0 atom stereocenters. The van der Waals surface area contributed by atoms with Crippen LogP contribution in [0.4, 0.5) is 5.69 Å². The maximum Gasteiger partial charge on any atom is 0.246 e. The zero-order valence-corrected chi connectivity index (χ0v) is 15.0. The van der Waals surface area contributed by atoms with Gasteiger partial charge < -0.3 is 5.32 Å². The summed E-state index contributed by atoms with van der Waals surface area (Å²) in [6, 6.07) is 9.92. The molecule has 0 saturated heterocycles. The Morgan fingerprint density at radius 1 is 1.26 bits per heavy atom. The zero-order chi connectivity index (χ0) is 16.4. The number of hydrogen-bond acceptors (Lipinski definition) is 3. The van der Waals surface area contributed by atoms with Crippen LogP contribution in [0.25, 0.3) is 0 Å². The molecule has 3 nitrogen and oxygen atoms in total. The molecule has 5 heteroatoms. The highest BCUT2D eigenvalue weighted by Gasteiger charge is 2.18. The molecule has 0 fully saturated rings. The molecule has 1 amide bonds. The van der Waals surface area contributed by atoms with E-state index in [1.54, 1.807) is 11.3 Å². The summed E-state index contributed by atoms with van der Waals surface area (Å²) < 4.78 is 0. The van der Waals surface area contributed by atoms with Crippen LogP contribution in [0.3, 0.4) is 0 Å². The van der Waals surface area contributed by atoms with Crippen molar-refractivity contribution >= 4 is 38.7 Å². The molecule has 3 rings (SSSR count). The number of benzodiazepines with no additional fused rings is 1. The molecule has 1 aliphatic rings. The van der Waals surface area contributed by atoms with Gasteiger partial charge in [-0.15, -0.1) is 11.3 Å². The number of benzene rings is 1. The van der Waals surface area contributed by atoms with Crippen LogP contribution in [0, 0.1) is 11.2 Å². The normalized spacial score (nSPS) is 14.7. The molecule has 0 bridgehead atoms. The van der Waals surface area contributed by atoms with Gasteiger partial charge in [0, 0.05) is 11.1 Å². The maximum absolute atomic E-state index is 11.9. The first-order valence-corrected chi connectivity index (χ1v) is 10.9. The summed E-state index contributed by atoms with van der Waals surface area (Å²) in [5.41, 5.74) is 3.55. The molecule has 1 N–H and O–H groups in total. The smallest absolute Gasteiger partial charge is 0.246 e. The quantitative estimate of drug-likeness (QED) is 0.791. The van der Waals surface area contributed by atoms with E-state index in [0.29, 0.717) is 0 Å². The Morgan fingerprint density at radius 2 is 2.09 bits per heavy atom. The van der Waals surface area contributed by atoms with Crippen molar-refractivity contribution in [3.63, 3.8) is 0 Å². The minimum atomic E-state index is -0.875. The predicted octanol–water partition coefficient (Wildman–Crippen LogP) is 3.54. The number of hydrogen-bond donors (Lipinski definition) is 1. The lowest BCUT2D eigenvalue weighted by atomic mass is 10.0. The molecule has 1 aliphatic heterocycles. The predicted molar refractivity (Wildman–Crippen MR) is 102 cm³/mol. The third-order valence-electron chi connectivity index (χ3n) is 3.19. The van der Waals surface area contributed by atoms with Gasteiger partial charge in [0.05, 0.1) is 16.3 Å². The van der Waals surface area contributed by atoms with Crippen LogP contribution in [0.5, 0.6) is 0 Å². The molecular formula is C18H18N2OS2. The van der Waals surface area contributed by atoms with E-state index >= 15 is 0 Å².